The van der Waals surface area contributed by atoms with Crippen LogP contribution in [0.4, 0.5) is 0 Å². The number of hydrogen-bond donors (Lipinski definition) is 1. The maximum absolute atomic E-state index is 11.6. The molecule has 1 heterocycles. The molecule has 1 unspecified atom stereocenters. The van der Waals surface area contributed by atoms with Crippen LogP contribution < -0.4 is 4.74 Å². The number of hydrogen-bond acceptors (Lipinski definition) is 4. The fourth-order valence-electron chi connectivity index (χ4n) is 3.06. The molecule has 124 valence electrons. The van der Waals surface area contributed by atoms with Crippen molar-refractivity contribution < 1.29 is 9.84 Å². The number of rotatable bonds is 3. The first-order chi connectivity index (χ1) is 10.5. The quantitative estimate of drug-likeness (QED) is 0.858. The van der Waals surface area contributed by atoms with Crippen LogP contribution in [-0.4, -0.2) is 36.9 Å². The fourth-order valence-corrected chi connectivity index (χ4v) is 3.50. The molecule has 0 bridgehead atoms. The van der Waals surface area contributed by atoms with Crippen molar-refractivity contribution in [3.63, 3.8) is 0 Å². The van der Waals surface area contributed by atoms with Crippen molar-refractivity contribution in [3.05, 3.63) is 59.2 Å². The number of benzene rings is 2. The average Bonchev–Trinajstić information content (AvgIpc) is 2.63. The lowest BCUT2D eigenvalue weighted by atomic mass is 9.83. The van der Waals surface area contributed by atoms with Crippen molar-refractivity contribution in [2.24, 2.45) is 0 Å². The summed E-state index contributed by atoms with van der Waals surface area (Å²) in [6.07, 6.45) is 2.04. The Morgan fingerprint density at radius 3 is 2.61 bits per heavy atom. The van der Waals surface area contributed by atoms with Gasteiger partial charge in [-0.05, 0) is 49.7 Å². The number of nitrogens with zero attached hydrogens (tertiary/aromatic N) is 1. The summed E-state index contributed by atoms with van der Waals surface area (Å²) in [6, 6.07) is 14.0. The maximum Gasteiger partial charge on any atom is 0.131 e. The van der Waals surface area contributed by atoms with Gasteiger partial charge >= 0.3 is 0 Å². The van der Waals surface area contributed by atoms with E-state index in [0.717, 1.165) is 27.3 Å². The van der Waals surface area contributed by atoms with E-state index in [-0.39, 0.29) is 12.4 Å². The van der Waals surface area contributed by atoms with Crippen LogP contribution in [0.1, 0.15) is 16.7 Å². The molecule has 5 heteroatoms. The lowest BCUT2D eigenvalue weighted by Gasteiger charge is -2.32. The number of likely N-dealkylation sites (N-methyl/N-ethyl adjacent to an activating group) is 1. The smallest absolute Gasteiger partial charge is 0.131 e. The monoisotopic (exact) mass is 351 g/mol. The van der Waals surface area contributed by atoms with Gasteiger partial charge in [0, 0.05) is 17.0 Å². The first kappa shape index (κ1) is 18.1. The molecule has 3 nitrogen and oxygen atoms in total. The summed E-state index contributed by atoms with van der Waals surface area (Å²) in [5.74, 6) is 0.762. The summed E-state index contributed by atoms with van der Waals surface area (Å²) in [7, 11) is 3.95. The largest absolute Gasteiger partial charge is 0.488 e. The Balaban J connectivity index is 0.00000192. The Labute approximate surface area is 148 Å². The minimum Gasteiger partial charge on any atom is -0.488 e. The third kappa shape index (κ3) is 3.36. The van der Waals surface area contributed by atoms with Crippen LogP contribution in [0.5, 0.6) is 5.75 Å². The number of ether oxygens (including phenoxy) is 1. The fraction of sp³-hybridized carbons (Fsp3) is 0.333. The van der Waals surface area contributed by atoms with Gasteiger partial charge in [-0.2, -0.15) is 0 Å². The van der Waals surface area contributed by atoms with E-state index in [1.165, 1.54) is 0 Å². The molecule has 0 saturated heterocycles. The standard InChI is InChI=1S/C18H21NO2S.ClH/c1-19(2)12-18(20)15-7-5-4-6-13(15)11-21-17-9-8-14(22-3)10-16(17)18;/h4-10,20H,11-12H2,1-3H3;1H. The highest BCUT2D eigenvalue weighted by Crippen LogP contribution is 2.42. The molecular weight excluding hydrogens is 330 g/mol. The number of thioether (sulfide) groups is 1. The molecule has 0 aromatic heterocycles. The number of fused-ring (bicyclic) bond motifs is 2. The van der Waals surface area contributed by atoms with Crippen LogP contribution in [0.2, 0.25) is 0 Å². The van der Waals surface area contributed by atoms with Crippen molar-refractivity contribution >= 4 is 24.2 Å². The Kier molecular flexibility index (Phi) is 5.63. The zero-order valence-corrected chi connectivity index (χ0v) is 15.2. The summed E-state index contributed by atoms with van der Waals surface area (Å²) in [5.41, 5.74) is 1.74. The second-order valence-corrected chi connectivity index (χ2v) is 6.79. The van der Waals surface area contributed by atoms with Crippen LogP contribution in [0, 0.1) is 0 Å². The molecule has 1 N–H and O–H groups in total. The van der Waals surface area contributed by atoms with Crippen molar-refractivity contribution in [2.45, 2.75) is 17.1 Å². The van der Waals surface area contributed by atoms with Gasteiger partial charge in [-0.1, -0.05) is 24.3 Å². The summed E-state index contributed by atoms with van der Waals surface area (Å²) in [6.45, 7) is 0.996. The van der Waals surface area contributed by atoms with E-state index in [9.17, 15) is 5.11 Å². The van der Waals surface area contributed by atoms with Crippen molar-refractivity contribution in [1.82, 2.24) is 4.90 Å². The Hall–Kier alpha value is -1.20. The highest BCUT2D eigenvalue weighted by atomic mass is 35.5. The van der Waals surface area contributed by atoms with Crippen LogP contribution in [0.15, 0.2) is 47.4 Å². The van der Waals surface area contributed by atoms with Gasteiger partial charge in [0.05, 0.1) is 0 Å². The van der Waals surface area contributed by atoms with Gasteiger partial charge in [-0.3, -0.25) is 0 Å². The van der Waals surface area contributed by atoms with E-state index < -0.39 is 5.60 Å². The molecule has 0 amide bonds. The van der Waals surface area contributed by atoms with Gasteiger partial charge < -0.3 is 14.7 Å². The molecule has 0 aliphatic carbocycles. The van der Waals surface area contributed by atoms with Gasteiger partial charge in [-0.15, -0.1) is 24.2 Å². The predicted molar refractivity (Wildman–Crippen MR) is 97.8 cm³/mol. The van der Waals surface area contributed by atoms with Gasteiger partial charge in [0.1, 0.15) is 18.0 Å². The maximum atomic E-state index is 11.6. The Bertz CT molecular complexity index is 692. The number of halogens is 1. The summed E-state index contributed by atoms with van der Waals surface area (Å²) >= 11 is 1.67. The van der Waals surface area contributed by atoms with Crippen LogP contribution in [-0.2, 0) is 12.2 Å². The molecule has 1 aliphatic heterocycles. The van der Waals surface area contributed by atoms with E-state index in [4.69, 9.17) is 4.74 Å². The van der Waals surface area contributed by atoms with Gasteiger partial charge in [0.2, 0.25) is 0 Å². The average molecular weight is 352 g/mol. The third-order valence-electron chi connectivity index (χ3n) is 4.02. The molecule has 2 aromatic rings. The molecule has 0 saturated carbocycles. The molecule has 1 atom stereocenters. The summed E-state index contributed by atoms with van der Waals surface area (Å²) in [5, 5.41) is 11.6. The van der Waals surface area contributed by atoms with E-state index in [1.54, 1.807) is 11.8 Å². The molecule has 23 heavy (non-hydrogen) atoms. The van der Waals surface area contributed by atoms with E-state index in [2.05, 4.69) is 0 Å². The lowest BCUT2D eigenvalue weighted by molar-refractivity contribution is 0.0506. The van der Waals surface area contributed by atoms with Crippen LogP contribution >= 0.6 is 24.2 Å². The number of aliphatic hydroxyl groups is 1. The SMILES string of the molecule is CSc1ccc2c(c1)C(O)(CN(C)C)c1ccccc1CO2.Cl. The Morgan fingerprint density at radius 2 is 1.91 bits per heavy atom. The second kappa shape index (κ2) is 7.14. The van der Waals surface area contributed by atoms with Gasteiger partial charge in [0.25, 0.3) is 0 Å². The molecule has 2 aromatic carbocycles. The summed E-state index contributed by atoms with van der Waals surface area (Å²) < 4.78 is 5.96. The topological polar surface area (TPSA) is 32.7 Å². The van der Waals surface area contributed by atoms with E-state index in [1.807, 2.05) is 67.7 Å². The molecule has 0 spiro atoms. The predicted octanol–water partition coefficient (Wildman–Crippen LogP) is 3.52. The van der Waals surface area contributed by atoms with E-state index in [0.29, 0.717) is 13.2 Å². The molecule has 0 fully saturated rings. The van der Waals surface area contributed by atoms with Crippen LogP contribution in [0.25, 0.3) is 0 Å². The Morgan fingerprint density at radius 1 is 1.17 bits per heavy atom. The van der Waals surface area contributed by atoms with Crippen molar-refractivity contribution in [2.75, 3.05) is 26.9 Å². The minimum atomic E-state index is -1.07. The minimum absolute atomic E-state index is 0. The second-order valence-electron chi connectivity index (χ2n) is 5.91. The lowest BCUT2D eigenvalue weighted by Crippen LogP contribution is -2.39. The molecule has 3 rings (SSSR count). The molecule has 0 radical (unpaired) electrons. The highest BCUT2D eigenvalue weighted by Gasteiger charge is 2.38. The third-order valence-corrected chi connectivity index (χ3v) is 4.75. The van der Waals surface area contributed by atoms with Crippen LogP contribution in [0.3, 0.4) is 0 Å². The van der Waals surface area contributed by atoms with Gasteiger partial charge in [-0.25, -0.2) is 0 Å². The first-order valence-electron chi connectivity index (χ1n) is 7.31. The first-order valence-corrected chi connectivity index (χ1v) is 8.54. The normalized spacial score (nSPS) is 19.2. The molecule has 1 aliphatic rings. The zero-order valence-electron chi connectivity index (χ0n) is 13.6. The highest BCUT2D eigenvalue weighted by molar-refractivity contribution is 7.98. The summed E-state index contributed by atoms with van der Waals surface area (Å²) in [4.78, 5) is 3.14. The van der Waals surface area contributed by atoms with Gasteiger partial charge in [0.15, 0.2) is 0 Å². The van der Waals surface area contributed by atoms with Crippen molar-refractivity contribution in [1.29, 1.82) is 0 Å². The van der Waals surface area contributed by atoms with E-state index >= 15 is 0 Å². The molecular formula is C18H22ClNO2S. The zero-order chi connectivity index (χ0) is 15.7. The van der Waals surface area contributed by atoms with Crippen molar-refractivity contribution in [3.8, 4) is 5.75 Å².